The summed E-state index contributed by atoms with van der Waals surface area (Å²) in [4.78, 5) is 33.9. The summed E-state index contributed by atoms with van der Waals surface area (Å²) in [5.41, 5.74) is 5.90. The maximum absolute atomic E-state index is 13.2. The summed E-state index contributed by atoms with van der Waals surface area (Å²) in [6.45, 7) is -0.317. The second-order valence-corrected chi connectivity index (χ2v) is 9.00. The van der Waals surface area contributed by atoms with Crippen molar-refractivity contribution in [2.75, 3.05) is 13.7 Å². The predicted molar refractivity (Wildman–Crippen MR) is 138 cm³/mol. The van der Waals surface area contributed by atoms with Gasteiger partial charge in [-0.1, -0.05) is 18.2 Å². The molecule has 0 aliphatic heterocycles. The maximum Gasteiger partial charge on any atom is 0.338 e. The number of carbonyl (C=O) groups excluding carboxylic acids is 2. The number of aromatic amines is 1. The van der Waals surface area contributed by atoms with E-state index in [0.717, 1.165) is 59.1 Å². The van der Waals surface area contributed by atoms with Crippen LogP contribution in [0.4, 0.5) is 0 Å². The Morgan fingerprint density at radius 2 is 1.81 bits per heavy atom. The van der Waals surface area contributed by atoms with E-state index in [-0.39, 0.29) is 12.5 Å². The van der Waals surface area contributed by atoms with Crippen molar-refractivity contribution in [1.29, 1.82) is 0 Å². The number of aromatic nitrogens is 3. The van der Waals surface area contributed by atoms with Gasteiger partial charge in [0.2, 0.25) is 0 Å². The fourth-order valence-corrected chi connectivity index (χ4v) is 5.08. The number of nitrogens with one attached hydrogen (secondary N) is 1. The molecule has 180 valence electrons. The molecule has 3 aromatic carbocycles. The average Bonchev–Trinajstić information content (AvgIpc) is 3.50. The highest BCUT2D eigenvalue weighted by molar-refractivity contribution is 5.99. The van der Waals surface area contributed by atoms with Gasteiger partial charge in [0, 0.05) is 16.6 Å². The van der Waals surface area contributed by atoms with Crippen LogP contribution in [0.5, 0.6) is 5.75 Å². The SMILES string of the molecule is COc1ccc(-c2nc3ccc(C(=O)OCC(=O)n4c5c(c6ccccc64)CCCC5)cc3[nH]2)cc1. The Kier molecular flexibility index (Phi) is 5.52. The number of rotatable bonds is 5. The molecule has 0 saturated heterocycles. The number of ether oxygens (including phenoxy) is 2. The van der Waals surface area contributed by atoms with Crippen LogP contribution in [-0.4, -0.2) is 40.1 Å². The van der Waals surface area contributed by atoms with Crippen molar-refractivity contribution in [3.63, 3.8) is 0 Å². The minimum absolute atomic E-state index is 0.230. The Morgan fingerprint density at radius 1 is 1.00 bits per heavy atom. The summed E-state index contributed by atoms with van der Waals surface area (Å²) in [5, 5.41) is 1.12. The monoisotopic (exact) mass is 479 g/mol. The number of aryl methyl sites for hydroxylation is 1. The van der Waals surface area contributed by atoms with Crippen LogP contribution in [0.25, 0.3) is 33.3 Å². The molecule has 0 radical (unpaired) electrons. The molecular weight excluding hydrogens is 454 g/mol. The van der Waals surface area contributed by atoms with E-state index in [1.807, 2.05) is 42.5 Å². The molecule has 0 unspecified atom stereocenters. The zero-order valence-electron chi connectivity index (χ0n) is 19.9. The van der Waals surface area contributed by atoms with Gasteiger partial charge in [0.25, 0.3) is 5.91 Å². The van der Waals surface area contributed by atoms with Crippen molar-refractivity contribution >= 4 is 33.8 Å². The number of H-pyrrole nitrogens is 1. The van der Waals surface area contributed by atoms with E-state index in [1.54, 1.807) is 29.9 Å². The van der Waals surface area contributed by atoms with Crippen molar-refractivity contribution in [2.24, 2.45) is 0 Å². The van der Waals surface area contributed by atoms with Crippen LogP contribution in [0, 0.1) is 0 Å². The minimum Gasteiger partial charge on any atom is -0.497 e. The molecule has 7 heteroatoms. The molecule has 0 spiro atoms. The van der Waals surface area contributed by atoms with E-state index in [2.05, 4.69) is 16.0 Å². The first-order chi connectivity index (χ1) is 17.6. The van der Waals surface area contributed by atoms with Crippen LogP contribution in [0.15, 0.2) is 66.7 Å². The molecule has 36 heavy (non-hydrogen) atoms. The number of hydrogen-bond acceptors (Lipinski definition) is 5. The third-order valence-electron chi connectivity index (χ3n) is 6.84. The van der Waals surface area contributed by atoms with Crippen molar-refractivity contribution in [3.05, 3.63) is 83.6 Å². The van der Waals surface area contributed by atoms with E-state index >= 15 is 0 Å². The molecule has 1 N–H and O–H groups in total. The van der Waals surface area contributed by atoms with Crippen LogP contribution in [0.2, 0.25) is 0 Å². The summed E-state index contributed by atoms with van der Waals surface area (Å²) >= 11 is 0. The molecular formula is C29H25N3O4. The number of carbonyl (C=O) groups is 2. The third kappa shape index (κ3) is 3.82. The van der Waals surface area contributed by atoms with Gasteiger partial charge in [0.1, 0.15) is 11.6 Å². The molecule has 1 aliphatic carbocycles. The lowest BCUT2D eigenvalue weighted by atomic mass is 9.95. The Hall–Kier alpha value is -4.39. The zero-order chi connectivity index (χ0) is 24.6. The van der Waals surface area contributed by atoms with Gasteiger partial charge in [-0.05, 0) is 79.8 Å². The van der Waals surface area contributed by atoms with Gasteiger partial charge in [0.05, 0.1) is 29.2 Å². The number of imidazole rings is 1. The number of methoxy groups -OCH3 is 1. The summed E-state index contributed by atoms with van der Waals surface area (Å²) in [5.74, 6) is 0.684. The molecule has 2 heterocycles. The van der Waals surface area contributed by atoms with Crippen LogP contribution in [0.1, 0.15) is 39.3 Å². The summed E-state index contributed by atoms with van der Waals surface area (Å²) in [6, 6.07) is 20.7. The maximum atomic E-state index is 13.2. The first-order valence-electron chi connectivity index (χ1n) is 12.1. The number of fused-ring (bicyclic) bond motifs is 4. The second kappa shape index (κ2) is 9.00. The lowest BCUT2D eigenvalue weighted by Crippen LogP contribution is -2.22. The zero-order valence-corrected chi connectivity index (χ0v) is 19.9. The number of hydrogen-bond donors (Lipinski definition) is 1. The van der Waals surface area contributed by atoms with E-state index in [0.29, 0.717) is 16.9 Å². The Bertz CT molecular complexity index is 1610. The lowest BCUT2D eigenvalue weighted by molar-refractivity contribution is 0.0449. The fourth-order valence-electron chi connectivity index (χ4n) is 5.08. The second-order valence-electron chi connectivity index (χ2n) is 9.00. The molecule has 0 fully saturated rings. The van der Waals surface area contributed by atoms with E-state index in [4.69, 9.17) is 9.47 Å². The third-order valence-corrected chi connectivity index (χ3v) is 6.84. The highest BCUT2D eigenvalue weighted by Gasteiger charge is 2.24. The van der Waals surface area contributed by atoms with E-state index in [9.17, 15) is 9.59 Å². The molecule has 0 bridgehead atoms. The highest BCUT2D eigenvalue weighted by atomic mass is 16.5. The first-order valence-corrected chi connectivity index (χ1v) is 12.1. The standard InChI is InChI=1S/C29H25N3O4/c1-35-20-13-10-18(11-14-20)28-30-23-15-12-19(16-24(23)31-28)29(34)36-17-27(33)32-25-8-4-2-6-21(25)22-7-3-5-9-26(22)32/h2,4,6,8,10-16H,3,5,7,9,17H2,1H3,(H,30,31). The number of nitrogens with zero attached hydrogens (tertiary/aromatic N) is 2. The summed E-state index contributed by atoms with van der Waals surface area (Å²) < 4.78 is 12.4. The molecule has 0 atom stereocenters. The minimum atomic E-state index is -0.545. The Labute approximate surface area is 207 Å². The fraction of sp³-hybridized carbons (Fsp3) is 0.207. The Morgan fingerprint density at radius 3 is 2.64 bits per heavy atom. The van der Waals surface area contributed by atoms with E-state index in [1.165, 1.54) is 5.56 Å². The topological polar surface area (TPSA) is 86.2 Å². The van der Waals surface area contributed by atoms with E-state index < -0.39 is 5.97 Å². The van der Waals surface area contributed by atoms with Crippen molar-refractivity contribution in [3.8, 4) is 17.1 Å². The molecule has 1 aliphatic rings. The highest BCUT2D eigenvalue weighted by Crippen LogP contribution is 2.32. The number of para-hydroxylation sites is 1. The van der Waals surface area contributed by atoms with Gasteiger partial charge < -0.3 is 14.5 Å². The smallest absolute Gasteiger partial charge is 0.338 e. The quantitative estimate of drug-likeness (QED) is 0.333. The van der Waals surface area contributed by atoms with Crippen LogP contribution in [-0.2, 0) is 17.6 Å². The molecule has 5 aromatic rings. The summed E-state index contributed by atoms with van der Waals surface area (Å²) in [6.07, 6.45) is 4.01. The lowest BCUT2D eigenvalue weighted by Gasteiger charge is -2.15. The van der Waals surface area contributed by atoms with Crippen LogP contribution < -0.4 is 4.74 Å². The number of esters is 1. The van der Waals surface area contributed by atoms with Crippen LogP contribution >= 0.6 is 0 Å². The molecule has 2 aromatic heterocycles. The Balaban J connectivity index is 1.21. The van der Waals surface area contributed by atoms with Crippen LogP contribution in [0.3, 0.4) is 0 Å². The molecule has 6 rings (SSSR count). The van der Waals surface area contributed by atoms with Gasteiger partial charge in [-0.3, -0.25) is 9.36 Å². The largest absolute Gasteiger partial charge is 0.497 e. The molecule has 7 nitrogen and oxygen atoms in total. The van der Waals surface area contributed by atoms with Gasteiger partial charge in [-0.2, -0.15) is 0 Å². The molecule has 0 saturated carbocycles. The van der Waals surface area contributed by atoms with Gasteiger partial charge in [0.15, 0.2) is 6.61 Å². The van der Waals surface area contributed by atoms with Gasteiger partial charge in [-0.25, -0.2) is 9.78 Å². The van der Waals surface area contributed by atoms with Crippen molar-refractivity contribution in [1.82, 2.24) is 14.5 Å². The van der Waals surface area contributed by atoms with Crippen molar-refractivity contribution < 1.29 is 19.1 Å². The summed E-state index contributed by atoms with van der Waals surface area (Å²) in [7, 11) is 1.62. The van der Waals surface area contributed by atoms with Gasteiger partial charge in [-0.15, -0.1) is 0 Å². The predicted octanol–water partition coefficient (Wildman–Crippen LogP) is 5.57. The molecule has 0 amide bonds. The van der Waals surface area contributed by atoms with Crippen molar-refractivity contribution in [2.45, 2.75) is 25.7 Å². The average molecular weight is 480 g/mol. The first kappa shape index (κ1) is 22.1. The van der Waals surface area contributed by atoms with Gasteiger partial charge >= 0.3 is 5.97 Å². The normalized spacial score (nSPS) is 13.0. The number of benzene rings is 3.